The standard InChI is InChI=1S/C24H18BrFN2O2S/c1-15-6-9-18(10-7-15)27-24-28-23(29)22(31-24)13-16-8-11-21(19(25)12-16)30-14-17-4-2-3-5-20(17)26/h2-13H,14H2,1H3,(H,27,28,29)/b22-13-. The Morgan fingerprint density at radius 1 is 1.13 bits per heavy atom. The zero-order valence-electron chi connectivity index (χ0n) is 16.6. The van der Waals surface area contributed by atoms with Crippen LogP contribution in [0.3, 0.4) is 0 Å². The van der Waals surface area contributed by atoms with Crippen LogP contribution in [0.15, 0.2) is 81.1 Å². The van der Waals surface area contributed by atoms with E-state index in [0.29, 0.717) is 21.4 Å². The average Bonchev–Trinajstić information content (AvgIpc) is 3.09. The maximum absolute atomic E-state index is 13.8. The van der Waals surface area contributed by atoms with E-state index in [4.69, 9.17) is 4.74 Å². The first-order chi connectivity index (χ1) is 15.0. The van der Waals surface area contributed by atoms with Crippen LogP contribution in [-0.4, -0.2) is 11.1 Å². The second kappa shape index (κ2) is 9.49. The van der Waals surface area contributed by atoms with Gasteiger partial charge in [0.2, 0.25) is 0 Å². The Labute approximate surface area is 192 Å². The summed E-state index contributed by atoms with van der Waals surface area (Å²) < 4.78 is 20.2. The number of benzene rings is 3. The van der Waals surface area contributed by atoms with Crippen molar-refractivity contribution >= 4 is 50.5 Å². The predicted octanol–water partition coefficient (Wildman–Crippen LogP) is 6.37. The number of carbonyl (C=O) groups is 1. The van der Waals surface area contributed by atoms with E-state index in [2.05, 4.69) is 26.2 Å². The van der Waals surface area contributed by atoms with E-state index in [1.807, 2.05) is 43.3 Å². The van der Waals surface area contributed by atoms with Crippen molar-refractivity contribution in [1.82, 2.24) is 5.32 Å². The van der Waals surface area contributed by atoms with Gasteiger partial charge in [-0.2, -0.15) is 0 Å². The van der Waals surface area contributed by atoms with Gasteiger partial charge in [-0.05, 0) is 76.6 Å². The number of amides is 1. The molecule has 1 saturated heterocycles. The molecule has 156 valence electrons. The third-order valence-electron chi connectivity index (χ3n) is 4.51. The molecule has 0 unspecified atom stereocenters. The normalized spacial score (nSPS) is 16.0. The molecule has 4 rings (SSSR count). The number of ether oxygens (including phenoxy) is 1. The lowest BCUT2D eigenvalue weighted by molar-refractivity contribution is -0.115. The molecule has 0 bridgehead atoms. The molecule has 31 heavy (non-hydrogen) atoms. The molecule has 1 N–H and O–H groups in total. The number of rotatable bonds is 5. The minimum atomic E-state index is -0.299. The second-order valence-corrected chi connectivity index (χ2v) is 8.77. The zero-order chi connectivity index (χ0) is 21.8. The lowest BCUT2D eigenvalue weighted by Gasteiger charge is -2.09. The maximum Gasteiger partial charge on any atom is 0.264 e. The summed E-state index contributed by atoms with van der Waals surface area (Å²) in [6, 6.07) is 19.8. The molecule has 3 aromatic rings. The van der Waals surface area contributed by atoms with Crippen LogP contribution >= 0.6 is 27.7 Å². The van der Waals surface area contributed by atoms with E-state index in [0.717, 1.165) is 21.3 Å². The van der Waals surface area contributed by atoms with E-state index >= 15 is 0 Å². The first-order valence-corrected chi connectivity index (χ1v) is 11.1. The number of nitrogens with one attached hydrogen (secondary N) is 1. The first-order valence-electron chi connectivity index (χ1n) is 9.50. The number of thioether (sulfide) groups is 1. The topological polar surface area (TPSA) is 50.7 Å². The smallest absolute Gasteiger partial charge is 0.264 e. The van der Waals surface area contributed by atoms with Crippen LogP contribution in [-0.2, 0) is 11.4 Å². The monoisotopic (exact) mass is 496 g/mol. The molecule has 1 fully saturated rings. The van der Waals surface area contributed by atoms with Crippen molar-refractivity contribution in [2.75, 3.05) is 0 Å². The van der Waals surface area contributed by atoms with Crippen LogP contribution in [0, 0.1) is 12.7 Å². The van der Waals surface area contributed by atoms with Gasteiger partial charge in [0, 0.05) is 5.56 Å². The van der Waals surface area contributed by atoms with Gasteiger partial charge in [0.25, 0.3) is 5.91 Å². The molecule has 3 aromatic carbocycles. The molecular weight excluding hydrogens is 479 g/mol. The molecule has 0 aromatic heterocycles. The molecule has 1 aliphatic rings. The molecule has 0 radical (unpaired) electrons. The van der Waals surface area contributed by atoms with Crippen LogP contribution in [0.4, 0.5) is 10.1 Å². The van der Waals surface area contributed by atoms with Crippen molar-refractivity contribution in [3.63, 3.8) is 0 Å². The second-order valence-electron chi connectivity index (χ2n) is 6.89. The third kappa shape index (κ3) is 5.42. The summed E-state index contributed by atoms with van der Waals surface area (Å²) in [4.78, 5) is 17.4. The molecule has 1 heterocycles. The average molecular weight is 497 g/mol. The molecular formula is C24H18BrFN2O2S. The highest BCUT2D eigenvalue weighted by atomic mass is 79.9. The Morgan fingerprint density at radius 3 is 2.65 bits per heavy atom. The van der Waals surface area contributed by atoms with Crippen molar-refractivity contribution in [1.29, 1.82) is 0 Å². The van der Waals surface area contributed by atoms with Crippen LogP contribution in [0.2, 0.25) is 0 Å². The summed E-state index contributed by atoms with van der Waals surface area (Å²) in [6.45, 7) is 2.14. The molecule has 0 atom stereocenters. The van der Waals surface area contributed by atoms with Gasteiger partial charge in [0.1, 0.15) is 18.2 Å². The Balaban J connectivity index is 1.46. The predicted molar refractivity (Wildman–Crippen MR) is 127 cm³/mol. The lowest BCUT2D eigenvalue weighted by atomic mass is 10.2. The summed E-state index contributed by atoms with van der Waals surface area (Å²) in [5, 5.41) is 3.34. The summed E-state index contributed by atoms with van der Waals surface area (Å²) in [5.41, 5.74) is 3.26. The number of hydrogen-bond donors (Lipinski definition) is 1. The largest absolute Gasteiger partial charge is 0.488 e. The molecule has 0 saturated carbocycles. The van der Waals surface area contributed by atoms with Gasteiger partial charge in [-0.3, -0.25) is 4.79 Å². The minimum absolute atomic E-state index is 0.128. The van der Waals surface area contributed by atoms with Gasteiger partial charge in [-0.25, -0.2) is 9.38 Å². The maximum atomic E-state index is 13.8. The van der Waals surface area contributed by atoms with Crippen LogP contribution in [0.25, 0.3) is 6.08 Å². The highest BCUT2D eigenvalue weighted by Crippen LogP contribution is 2.31. The van der Waals surface area contributed by atoms with Crippen LogP contribution < -0.4 is 10.1 Å². The highest BCUT2D eigenvalue weighted by molar-refractivity contribution is 9.10. The summed E-state index contributed by atoms with van der Waals surface area (Å²) in [6.07, 6.45) is 1.79. The van der Waals surface area contributed by atoms with Gasteiger partial charge in [0.05, 0.1) is 15.1 Å². The van der Waals surface area contributed by atoms with E-state index in [-0.39, 0.29) is 18.3 Å². The molecule has 4 nitrogen and oxygen atoms in total. The van der Waals surface area contributed by atoms with Crippen LogP contribution in [0.1, 0.15) is 16.7 Å². The van der Waals surface area contributed by atoms with E-state index < -0.39 is 0 Å². The number of halogens is 2. The van der Waals surface area contributed by atoms with Crippen molar-refractivity contribution in [3.8, 4) is 5.75 Å². The van der Waals surface area contributed by atoms with Gasteiger partial charge >= 0.3 is 0 Å². The number of carbonyl (C=O) groups excluding carboxylic acids is 1. The van der Waals surface area contributed by atoms with E-state index in [1.165, 1.54) is 17.8 Å². The molecule has 0 spiro atoms. The number of aryl methyl sites for hydroxylation is 1. The van der Waals surface area contributed by atoms with Crippen molar-refractivity contribution in [3.05, 3.63) is 98.6 Å². The number of hydrogen-bond acceptors (Lipinski definition) is 4. The quantitative estimate of drug-likeness (QED) is 0.417. The minimum Gasteiger partial charge on any atom is -0.488 e. The van der Waals surface area contributed by atoms with Gasteiger partial charge < -0.3 is 10.1 Å². The van der Waals surface area contributed by atoms with Crippen LogP contribution in [0.5, 0.6) is 5.75 Å². The van der Waals surface area contributed by atoms with E-state index in [9.17, 15) is 9.18 Å². The molecule has 0 aliphatic carbocycles. The molecule has 7 heteroatoms. The highest BCUT2D eigenvalue weighted by Gasteiger charge is 2.23. The molecule has 1 amide bonds. The van der Waals surface area contributed by atoms with Gasteiger partial charge in [0.15, 0.2) is 5.17 Å². The SMILES string of the molecule is Cc1ccc(N=C2NC(=O)/C(=C/c3ccc(OCc4ccccc4F)c(Br)c3)S2)cc1. The van der Waals surface area contributed by atoms with Crippen molar-refractivity contribution in [2.45, 2.75) is 13.5 Å². The molecule has 1 aliphatic heterocycles. The zero-order valence-corrected chi connectivity index (χ0v) is 19.0. The van der Waals surface area contributed by atoms with E-state index in [1.54, 1.807) is 30.3 Å². The fourth-order valence-electron chi connectivity index (χ4n) is 2.86. The van der Waals surface area contributed by atoms with Crippen molar-refractivity contribution in [2.24, 2.45) is 4.99 Å². The van der Waals surface area contributed by atoms with Gasteiger partial charge in [-0.1, -0.05) is 42.0 Å². The Kier molecular flexibility index (Phi) is 6.53. The summed E-state index contributed by atoms with van der Waals surface area (Å²) >= 11 is 4.78. The fourth-order valence-corrected chi connectivity index (χ4v) is 4.22. The van der Waals surface area contributed by atoms with Gasteiger partial charge in [-0.15, -0.1) is 0 Å². The Morgan fingerprint density at radius 2 is 1.90 bits per heavy atom. The van der Waals surface area contributed by atoms with Crippen molar-refractivity contribution < 1.29 is 13.9 Å². The lowest BCUT2D eigenvalue weighted by Crippen LogP contribution is -2.19. The number of amidine groups is 1. The third-order valence-corrected chi connectivity index (χ3v) is 6.04. The Hall–Kier alpha value is -2.90. The summed E-state index contributed by atoms with van der Waals surface area (Å²) in [7, 11) is 0. The first kappa shape index (κ1) is 21.3. The summed E-state index contributed by atoms with van der Waals surface area (Å²) in [5.74, 6) is 0.106. The number of nitrogens with zero attached hydrogens (tertiary/aromatic N) is 1. The number of aliphatic imine (C=N–C) groups is 1. The Bertz CT molecular complexity index is 1190. The fraction of sp³-hybridized carbons (Fsp3) is 0.0833.